The largest absolute Gasteiger partial charge is 0.370 e. The maximum atomic E-state index is 11.4. The summed E-state index contributed by atoms with van der Waals surface area (Å²) in [5.41, 5.74) is 7.52. The van der Waals surface area contributed by atoms with Crippen LogP contribution in [-0.4, -0.2) is 43.9 Å². The van der Waals surface area contributed by atoms with E-state index in [9.17, 15) is 8.42 Å². The third kappa shape index (κ3) is 5.28. The van der Waals surface area contributed by atoms with Crippen LogP contribution in [0.2, 0.25) is 0 Å². The van der Waals surface area contributed by atoms with Crippen molar-refractivity contribution in [2.75, 3.05) is 24.6 Å². The number of hydrogen-bond acceptors (Lipinski definition) is 4. The van der Waals surface area contributed by atoms with E-state index in [2.05, 4.69) is 9.89 Å². The molecule has 0 bridgehead atoms. The van der Waals surface area contributed by atoms with Gasteiger partial charge >= 0.3 is 0 Å². The standard InChI is InChI=1S/C13H20N4O2S2.HI/c1-10-8-11(2-3-12(10)21(15,18)19)9-16-13(14)17-4-6-20-7-5-17;/h2-3,8H,4-7,9H2,1H3,(H2,14,16)(H2,15,18,19);1H. The summed E-state index contributed by atoms with van der Waals surface area (Å²) in [6.07, 6.45) is 0. The average molecular weight is 456 g/mol. The number of hydrogen-bond donors (Lipinski definition) is 2. The first-order valence-electron chi connectivity index (χ1n) is 6.63. The number of benzene rings is 1. The Kier molecular flexibility index (Phi) is 7.42. The molecule has 0 saturated carbocycles. The Balaban J connectivity index is 0.00000242. The van der Waals surface area contributed by atoms with E-state index >= 15 is 0 Å². The number of nitrogens with two attached hydrogens (primary N) is 2. The fraction of sp³-hybridized carbons (Fsp3) is 0.462. The Labute approximate surface area is 152 Å². The number of guanidine groups is 1. The van der Waals surface area contributed by atoms with E-state index in [1.54, 1.807) is 19.1 Å². The molecule has 124 valence electrons. The fourth-order valence-electron chi connectivity index (χ4n) is 2.19. The Morgan fingerprint density at radius 2 is 2.00 bits per heavy atom. The van der Waals surface area contributed by atoms with Crippen LogP contribution in [0.4, 0.5) is 0 Å². The fourth-order valence-corrected chi connectivity index (χ4v) is 3.86. The van der Waals surface area contributed by atoms with Crippen molar-refractivity contribution in [2.24, 2.45) is 15.9 Å². The van der Waals surface area contributed by atoms with Crippen LogP contribution in [-0.2, 0) is 16.6 Å². The van der Waals surface area contributed by atoms with Crippen molar-refractivity contribution in [1.29, 1.82) is 0 Å². The summed E-state index contributed by atoms with van der Waals surface area (Å²) in [5.74, 6) is 2.68. The predicted octanol–water partition coefficient (Wildman–Crippen LogP) is 1.12. The van der Waals surface area contributed by atoms with Gasteiger partial charge in [-0.1, -0.05) is 12.1 Å². The molecule has 4 N–H and O–H groups in total. The van der Waals surface area contributed by atoms with Crippen LogP contribution in [0.15, 0.2) is 28.1 Å². The van der Waals surface area contributed by atoms with Gasteiger partial charge in [0, 0.05) is 24.6 Å². The first-order chi connectivity index (χ1) is 9.88. The highest BCUT2D eigenvalue weighted by Gasteiger charge is 2.13. The van der Waals surface area contributed by atoms with Crippen molar-refractivity contribution in [3.05, 3.63) is 29.3 Å². The van der Waals surface area contributed by atoms with Gasteiger partial charge < -0.3 is 10.6 Å². The summed E-state index contributed by atoms with van der Waals surface area (Å²) < 4.78 is 22.7. The van der Waals surface area contributed by atoms with Crippen molar-refractivity contribution in [3.8, 4) is 0 Å². The van der Waals surface area contributed by atoms with E-state index in [1.807, 2.05) is 11.8 Å². The zero-order valence-electron chi connectivity index (χ0n) is 12.4. The second kappa shape index (κ2) is 8.37. The monoisotopic (exact) mass is 456 g/mol. The highest BCUT2D eigenvalue weighted by atomic mass is 127. The summed E-state index contributed by atoms with van der Waals surface area (Å²) in [7, 11) is -3.67. The molecule has 9 heteroatoms. The van der Waals surface area contributed by atoms with Crippen LogP contribution in [0.25, 0.3) is 0 Å². The number of primary sulfonamides is 1. The summed E-state index contributed by atoms with van der Waals surface area (Å²) >= 11 is 1.92. The number of sulfonamides is 1. The minimum absolute atomic E-state index is 0. The Morgan fingerprint density at radius 3 is 2.55 bits per heavy atom. The molecule has 6 nitrogen and oxygen atoms in total. The number of rotatable bonds is 3. The van der Waals surface area contributed by atoms with Crippen LogP contribution >= 0.6 is 35.7 Å². The van der Waals surface area contributed by atoms with Crippen LogP contribution in [0.5, 0.6) is 0 Å². The van der Waals surface area contributed by atoms with Crippen molar-refractivity contribution < 1.29 is 8.42 Å². The zero-order valence-corrected chi connectivity index (χ0v) is 16.3. The lowest BCUT2D eigenvalue weighted by atomic mass is 10.1. The smallest absolute Gasteiger partial charge is 0.238 e. The van der Waals surface area contributed by atoms with Gasteiger partial charge in [-0.15, -0.1) is 24.0 Å². The van der Waals surface area contributed by atoms with Crippen molar-refractivity contribution in [3.63, 3.8) is 0 Å². The molecule has 0 spiro atoms. The van der Waals surface area contributed by atoms with Crippen LogP contribution in [0.3, 0.4) is 0 Å². The van der Waals surface area contributed by atoms with E-state index in [0.717, 1.165) is 30.2 Å². The molecule has 0 radical (unpaired) electrons. The topological polar surface area (TPSA) is 102 Å². The normalized spacial score (nSPS) is 16.3. The van der Waals surface area contributed by atoms with Gasteiger partial charge in [0.25, 0.3) is 0 Å². The molecule has 1 aromatic rings. The molecular weight excluding hydrogens is 435 g/mol. The maximum absolute atomic E-state index is 11.4. The highest BCUT2D eigenvalue weighted by molar-refractivity contribution is 14.0. The molecule has 1 fully saturated rings. The molecule has 0 aromatic heterocycles. The van der Waals surface area contributed by atoms with Gasteiger partial charge in [-0.3, -0.25) is 0 Å². The summed E-state index contributed by atoms with van der Waals surface area (Å²) in [4.78, 5) is 6.60. The van der Waals surface area contributed by atoms with Crippen LogP contribution in [0, 0.1) is 6.92 Å². The van der Waals surface area contributed by atoms with Crippen molar-refractivity contribution in [1.82, 2.24) is 4.90 Å². The second-order valence-electron chi connectivity index (χ2n) is 4.92. The third-order valence-corrected chi connectivity index (χ3v) is 5.32. The van der Waals surface area contributed by atoms with Crippen LogP contribution < -0.4 is 10.9 Å². The minimum Gasteiger partial charge on any atom is -0.370 e. The molecule has 0 amide bonds. The van der Waals surface area contributed by atoms with Crippen LogP contribution in [0.1, 0.15) is 11.1 Å². The number of halogens is 1. The third-order valence-electron chi connectivity index (χ3n) is 3.30. The van der Waals surface area contributed by atoms with E-state index in [0.29, 0.717) is 18.1 Å². The molecule has 0 unspecified atom stereocenters. The lowest BCUT2D eigenvalue weighted by molar-refractivity contribution is 0.455. The summed E-state index contributed by atoms with van der Waals surface area (Å²) in [6, 6.07) is 5.02. The molecule has 22 heavy (non-hydrogen) atoms. The van der Waals surface area contributed by atoms with Gasteiger partial charge in [-0.2, -0.15) is 11.8 Å². The lowest BCUT2D eigenvalue weighted by Gasteiger charge is -2.27. The van der Waals surface area contributed by atoms with Gasteiger partial charge in [0.05, 0.1) is 11.4 Å². The quantitative estimate of drug-likeness (QED) is 0.403. The zero-order chi connectivity index (χ0) is 15.5. The highest BCUT2D eigenvalue weighted by Crippen LogP contribution is 2.16. The van der Waals surface area contributed by atoms with Crippen molar-refractivity contribution >= 4 is 51.7 Å². The second-order valence-corrected chi connectivity index (χ2v) is 7.67. The molecule has 1 saturated heterocycles. The van der Waals surface area contributed by atoms with E-state index in [4.69, 9.17) is 10.9 Å². The predicted molar refractivity (Wildman–Crippen MR) is 102 cm³/mol. The number of aryl methyl sites for hydroxylation is 1. The van der Waals surface area contributed by atoms with Gasteiger partial charge in [-0.25, -0.2) is 18.5 Å². The average Bonchev–Trinajstić information content (AvgIpc) is 2.44. The van der Waals surface area contributed by atoms with Gasteiger partial charge in [-0.05, 0) is 24.1 Å². The number of aliphatic imine (C=N–C) groups is 1. The maximum Gasteiger partial charge on any atom is 0.238 e. The first-order valence-corrected chi connectivity index (χ1v) is 9.33. The summed E-state index contributed by atoms with van der Waals surface area (Å²) in [6.45, 7) is 3.99. The molecule has 0 aliphatic carbocycles. The first kappa shape index (κ1) is 19.5. The van der Waals surface area contributed by atoms with Crippen molar-refractivity contribution in [2.45, 2.75) is 18.4 Å². The molecule has 1 heterocycles. The Morgan fingerprint density at radius 1 is 1.36 bits per heavy atom. The molecule has 1 aliphatic rings. The van der Waals surface area contributed by atoms with E-state index in [1.165, 1.54) is 6.07 Å². The lowest BCUT2D eigenvalue weighted by Crippen LogP contribution is -2.42. The summed E-state index contributed by atoms with van der Waals surface area (Å²) in [5, 5.41) is 5.14. The molecule has 1 aromatic carbocycles. The Hall–Kier alpha value is -0.520. The van der Waals surface area contributed by atoms with E-state index in [-0.39, 0.29) is 28.9 Å². The van der Waals surface area contributed by atoms with E-state index < -0.39 is 10.0 Å². The molecular formula is C13H21IN4O2S2. The van der Waals surface area contributed by atoms with Gasteiger partial charge in [0.15, 0.2) is 5.96 Å². The van der Waals surface area contributed by atoms with Gasteiger partial charge in [0.1, 0.15) is 0 Å². The minimum atomic E-state index is -3.67. The number of nitrogens with zero attached hydrogens (tertiary/aromatic N) is 2. The Bertz CT molecular complexity index is 643. The van der Waals surface area contributed by atoms with Gasteiger partial charge in [0.2, 0.25) is 10.0 Å². The molecule has 2 rings (SSSR count). The molecule has 0 atom stereocenters. The SMILES string of the molecule is Cc1cc(CN=C(N)N2CCSCC2)ccc1S(N)(=O)=O.I. The molecule has 1 aliphatic heterocycles. The number of thioether (sulfide) groups is 1.